The fourth-order valence-electron chi connectivity index (χ4n) is 3.12. The number of benzene rings is 1. The molecule has 0 saturated carbocycles. The van der Waals surface area contributed by atoms with E-state index in [0.717, 1.165) is 16.9 Å². The molecule has 0 radical (unpaired) electrons. The number of carbonyl (C=O) groups excluding carboxylic acids is 2. The number of aliphatic hydroxyl groups excluding tert-OH is 1. The monoisotopic (exact) mass is 376 g/mol. The van der Waals surface area contributed by atoms with Crippen LogP contribution in [0.3, 0.4) is 0 Å². The highest BCUT2D eigenvalue weighted by Crippen LogP contribution is 2.37. The molecule has 1 unspecified atom stereocenters. The number of nitrogens with zero attached hydrogens (tertiary/aromatic N) is 1. The zero-order valence-electron chi connectivity index (χ0n) is 14.9. The number of β-amino-alcohol motifs (C(OH)–C–C–N with tert-alkyl or cyclic N) is 1. The lowest BCUT2D eigenvalue weighted by Crippen LogP contribution is -2.30. The van der Waals surface area contributed by atoms with Crippen LogP contribution in [0.25, 0.3) is 0 Å². The molecule has 1 aromatic carbocycles. The number of aliphatic hydroxyl groups is 1. The molecule has 26 heavy (non-hydrogen) atoms. The lowest BCUT2D eigenvalue weighted by atomic mass is 10.1. The minimum Gasteiger partial charge on any atom is -0.391 e. The van der Waals surface area contributed by atoms with Crippen molar-refractivity contribution >= 4 is 33.7 Å². The number of anilines is 2. The molecular formula is C19H21FN2O3S. The molecule has 1 amide bonds. The van der Waals surface area contributed by atoms with Crippen LogP contribution in [-0.4, -0.2) is 40.9 Å². The number of aryl methyl sites for hydroxylation is 1. The number of hydrogen-bond donors (Lipinski definition) is 2. The minimum atomic E-state index is -0.531. The lowest BCUT2D eigenvalue weighted by molar-refractivity contribution is 0.0765. The maximum Gasteiger partial charge on any atom is 0.257 e. The number of ketones is 1. The van der Waals surface area contributed by atoms with Crippen molar-refractivity contribution in [2.24, 2.45) is 0 Å². The molecule has 0 bridgehead atoms. The van der Waals surface area contributed by atoms with E-state index in [4.69, 9.17) is 0 Å². The summed E-state index contributed by atoms with van der Waals surface area (Å²) in [6, 6.07) is 4.80. The zero-order valence-corrected chi connectivity index (χ0v) is 15.7. The summed E-state index contributed by atoms with van der Waals surface area (Å²) in [6.45, 7) is 5.70. The van der Waals surface area contributed by atoms with Gasteiger partial charge in [-0.2, -0.15) is 0 Å². The number of Topliss-reactive ketones (excluding diaryl/α,β-unsaturated/α-hetero) is 1. The van der Waals surface area contributed by atoms with Crippen LogP contribution in [0.5, 0.6) is 0 Å². The van der Waals surface area contributed by atoms with E-state index in [1.807, 2.05) is 0 Å². The number of hydrogen-bond acceptors (Lipinski definition) is 5. The van der Waals surface area contributed by atoms with Crippen molar-refractivity contribution in [2.45, 2.75) is 33.3 Å². The first-order valence-corrected chi connectivity index (χ1v) is 9.24. The summed E-state index contributed by atoms with van der Waals surface area (Å²) in [5, 5.41) is 13.1. The van der Waals surface area contributed by atoms with E-state index in [1.54, 1.807) is 30.9 Å². The Hall–Kier alpha value is -2.25. The normalized spacial score (nSPS) is 16.8. The molecule has 0 spiro atoms. The number of rotatable bonds is 4. The molecule has 1 aliphatic heterocycles. The van der Waals surface area contributed by atoms with E-state index in [9.17, 15) is 19.1 Å². The maximum atomic E-state index is 14.2. The Morgan fingerprint density at radius 1 is 1.35 bits per heavy atom. The smallest absolute Gasteiger partial charge is 0.257 e. The fourth-order valence-corrected chi connectivity index (χ4v) is 4.23. The van der Waals surface area contributed by atoms with Crippen LogP contribution >= 0.6 is 11.3 Å². The zero-order chi connectivity index (χ0) is 19.0. The van der Waals surface area contributed by atoms with E-state index in [0.29, 0.717) is 34.0 Å². The number of carbonyl (C=O) groups is 2. The van der Waals surface area contributed by atoms with E-state index < -0.39 is 11.9 Å². The highest BCUT2D eigenvalue weighted by molar-refractivity contribution is 7.18. The van der Waals surface area contributed by atoms with Gasteiger partial charge in [-0.05, 0) is 50.5 Å². The van der Waals surface area contributed by atoms with Crippen LogP contribution in [0.15, 0.2) is 18.2 Å². The maximum absolute atomic E-state index is 14.2. The summed E-state index contributed by atoms with van der Waals surface area (Å²) in [6.07, 6.45) is 0.000221. The van der Waals surface area contributed by atoms with Crippen LogP contribution in [0, 0.1) is 19.7 Å². The van der Waals surface area contributed by atoms with Gasteiger partial charge >= 0.3 is 0 Å². The Morgan fingerprint density at radius 3 is 2.65 bits per heavy atom. The van der Waals surface area contributed by atoms with Crippen LogP contribution in [0.1, 0.15) is 44.5 Å². The Balaban J connectivity index is 2.02. The van der Waals surface area contributed by atoms with Gasteiger partial charge in [0, 0.05) is 13.1 Å². The van der Waals surface area contributed by atoms with Crippen molar-refractivity contribution < 1.29 is 19.1 Å². The predicted octanol–water partition coefficient (Wildman–Crippen LogP) is 3.66. The SMILES string of the molecule is CC(=O)c1sc(Nc2ccc(C)cc2F)c(C(=O)N2CCC(O)C2)c1C. The number of thiophene rings is 1. The molecule has 1 aliphatic rings. The number of halogens is 1. The molecule has 1 fully saturated rings. The highest BCUT2D eigenvalue weighted by Gasteiger charge is 2.31. The lowest BCUT2D eigenvalue weighted by Gasteiger charge is -2.17. The van der Waals surface area contributed by atoms with Crippen LogP contribution < -0.4 is 5.32 Å². The molecule has 2 heterocycles. The van der Waals surface area contributed by atoms with Gasteiger partial charge in [-0.1, -0.05) is 6.07 Å². The van der Waals surface area contributed by atoms with E-state index >= 15 is 0 Å². The van der Waals surface area contributed by atoms with Crippen molar-refractivity contribution in [3.63, 3.8) is 0 Å². The Bertz CT molecular complexity index is 878. The van der Waals surface area contributed by atoms with Gasteiger partial charge < -0.3 is 15.3 Å². The van der Waals surface area contributed by atoms with Gasteiger partial charge in [0.15, 0.2) is 5.78 Å². The van der Waals surface area contributed by atoms with Crippen LogP contribution in [-0.2, 0) is 0 Å². The molecule has 138 valence electrons. The van der Waals surface area contributed by atoms with E-state index in [2.05, 4.69) is 5.32 Å². The van der Waals surface area contributed by atoms with Crippen molar-refractivity contribution in [1.82, 2.24) is 4.90 Å². The first kappa shape index (κ1) is 18.5. The number of nitrogens with one attached hydrogen (secondary N) is 1. The topological polar surface area (TPSA) is 69.6 Å². The summed E-state index contributed by atoms with van der Waals surface area (Å²) in [5.41, 5.74) is 2.00. The molecule has 0 aliphatic carbocycles. The molecule has 2 aromatic rings. The molecular weight excluding hydrogens is 355 g/mol. The Kier molecular flexibility index (Phi) is 5.11. The third-order valence-electron chi connectivity index (χ3n) is 4.50. The van der Waals surface area contributed by atoms with Crippen LogP contribution in [0.4, 0.5) is 15.1 Å². The average molecular weight is 376 g/mol. The first-order valence-electron chi connectivity index (χ1n) is 8.42. The third-order valence-corrected chi connectivity index (χ3v) is 5.81. The summed E-state index contributed by atoms with van der Waals surface area (Å²) in [5.74, 6) is -0.811. The van der Waals surface area contributed by atoms with E-state index in [1.165, 1.54) is 13.0 Å². The van der Waals surface area contributed by atoms with Crippen molar-refractivity contribution in [2.75, 3.05) is 18.4 Å². The van der Waals surface area contributed by atoms with Crippen molar-refractivity contribution in [1.29, 1.82) is 0 Å². The van der Waals surface area contributed by atoms with Gasteiger partial charge in [0.25, 0.3) is 5.91 Å². The number of amides is 1. The molecule has 7 heteroatoms. The third kappa shape index (κ3) is 3.50. The average Bonchev–Trinajstić information content (AvgIpc) is 3.13. The van der Waals surface area contributed by atoms with Crippen molar-refractivity contribution in [3.05, 3.63) is 45.6 Å². The number of likely N-dealkylation sites (tertiary alicyclic amines) is 1. The van der Waals surface area contributed by atoms with Gasteiger partial charge in [-0.25, -0.2) is 4.39 Å². The Labute approximate surface area is 155 Å². The largest absolute Gasteiger partial charge is 0.391 e. The van der Waals surface area contributed by atoms with Crippen molar-refractivity contribution in [3.8, 4) is 0 Å². The molecule has 5 nitrogen and oxygen atoms in total. The minimum absolute atomic E-state index is 0.138. The van der Waals surface area contributed by atoms with Gasteiger partial charge in [0.05, 0.1) is 22.2 Å². The first-order chi connectivity index (χ1) is 12.3. The molecule has 1 atom stereocenters. The second-order valence-corrected chi connectivity index (χ2v) is 7.64. The second kappa shape index (κ2) is 7.17. The molecule has 3 rings (SSSR count). The quantitative estimate of drug-likeness (QED) is 0.799. The molecule has 1 saturated heterocycles. The van der Waals surface area contributed by atoms with Crippen LogP contribution in [0.2, 0.25) is 0 Å². The molecule has 2 N–H and O–H groups in total. The summed E-state index contributed by atoms with van der Waals surface area (Å²) >= 11 is 1.15. The van der Waals surface area contributed by atoms with E-state index in [-0.39, 0.29) is 23.9 Å². The summed E-state index contributed by atoms with van der Waals surface area (Å²) < 4.78 is 14.2. The van der Waals surface area contributed by atoms with Gasteiger partial charge in [-0.15, -0.1) is 11.3 Å². The summed E-state index contributed by atoms with van der Waals surface area (Å²) in [4.78, 5) is 27.0. The second-order valence-electron chi connectivity index (χ2n) is 6.62. The standard InChI is InChI=1S/C19H21FN2O3S/c1-10-4-5-15(14(20)8-10)21-18-16(11(2)17(26-18)12(3)23)19(25)22-7-6-13(24)9-22/h4-5,8,13,21,24H,6-7,9H2,1-3H3. The van der Waals surface area contributed by atoms with Gasteiger partial charge in [0.1, 0.15) is 10.8 Å². The molecule has 1 aromatic heterocycles. The fraction of sp³-hybridized carbons (Fsp3) is 0.368. The van der Waals surface area contributed by atoms with Gasteiger partial charge in [0.2, 0.25) is 0 Å². The highest BCUT2D eigenvalue weighted by atomic mass is 32.1. The van der Waals surface area contributed by atoms with Gasteiger partial charge in [-0.3, -0.25) is 9.59 Å². The predicted molar refractivity (Wildman–Crippen MR) is 100 cm³/mol. The summed E-state index contributed by atoms with van der Waals surface area (Å²) in [7, 11) is 0. The Morgan fingerprint density at radius 2 is 2.08 bits per heavy atom.